The zero-order valence-electron chi connectivity index (χ0n) is 14.9. The summed E-state index contributed by atoms with van der Waals surface area (Å²) in [5.74, 6) is 1.55. The van der Waals surface area contributed by atoms with Crippen molar-refractivity contribution in [1.82, 2.24) is 34.8 Å². The lowest BCUT2D eigenvalue weighted by Crippen LogP contribution is -2.06. The molecule has 0 unspecified atom stereocenters. The van der Waals surface area contributed by atoms with E-state index in [1.54, 1.807) is 16.3 Å². The maximum absolute atomic E-state index is 5.18. The normalized spacial score (nSPS) is 11.8. The minimum Gasteiger partial charge on any atom is -0.497 e. The van der Waals surface area contributed by atoms with E-state index in [0.717, 1.165) is 32.3 Å². The molecule has 0 aliphatic rings. The Labute approximate surface area is 163 Å². The Hall–Kier alpha value is -3.59. The number of para-hydroxylation sites is 1. The second kappa shape index (κ2) is 6.86. The molecule has 28 heavy (non-hydrogen) atoms. The summed E-state index contributed by atoms with van der Waals surface area (Å²) in [6, 6.07) is 15.7. The van der Waals surface area contributed by atoms with Crippen LogP contribution in [0.1, 0.15) is 16.4 Å². The summed E-state index contributed by atoms with van der Waals surface area (Å²) in [7, 11) is 1.66. The molecule has 0 radical (unpaired) electrons. The summed E-state index contributed by atoms with van der Waals surface area (Å²) in [6.07, 6.45) is 3.98. The zero-order chi connectivity index (χ0) is 18.9. The molecule has 5 aromatic rings. The number of fused-ring (bicyclic) bond motifs is 2. The summed E-state index contributed by atoms with van der Waals surface area (Å²) in [4.78, 5) is 0.744. The Morgan fingerprint density at radius 1 is 1.00 bits per heavy atom. The van der Waals surface area contributed by atoms with Crippen molar-refractivity contribution in [2.75, 3.05) is 7.11 Å². The van der Waals surface area contributed by atoms with Gasteiger partial charge in [0.05, 0.1) is 12.6 Å². The summed E-state index contributed by atoms with van der Waals surface area (Å²) in [6.45, 7) is 0.451. The minimum atomic E-state index is 0.451. The van der Waals surface area contributed by atoms with Crippen LogP contribution in [0.2, 0.25) is 0 Å². The molecule has 0 aliphatic heterocycles. The van der Waals surface area contributed by atoms with Gasteiger partial charge in [-0.15, -0.1) is 15.3 Å². The number of aromatic nitrogens is 7. The second-order valence-electron chi connectivity index (χ2n) is 6.09. The predicted octanol–water partition coefficient (Wildman–Crippen LogP) is 3.16. The number of nitrogens with zero attached hydrogens (tertiary/aromatic N) is 7. The Morgan fingerprint density at radius 3 is 2.71 bits per heavy atom. The largest absolute Gasteiger partial charge is 0.497 e. The monoisotopic (exact) mass is 389 g/mol. The number of hydrogen-bond donors (Lipinski definition) is 0. The summed E-state index contributed by atoms with van der Waals surface area (Å²) >= 11 is 1.48. The van der Waals surface area contributed by atoms with Crippen molar-refractivity contribution >= 4 is 39.5 Å². The molecule has 0 amide bonds. The van der Waals surface area contributed by atoms with Crippen molar-refractivity contribution in [3.8, 4) is 5.75 Å². The molecule has 0 aliphatic carbocycles. The summed E-state index contributed by atoms with van der Waals surface area (Å²) in [5, 5.41) is 22.3. The topological polar surface area (TPSA) is 83.0 Å². The first-order valence-corrected chi connectivity index (χ1v) is 9.43. The van der Waals surface area contributed by atoms with E-state index in [2.05, 4.69) is 25.6 Å². The van der Waals surface area contributed by atoms with Gasteiger partial charge in [-0.25, -0.2) is 4.68 Å². The predicted molar refractivity (Wildman–Crippen MR) is 107 cm³/mol. The zero-order valence-corrected chi connectivity index (χ0v) is 15.7. The van der Waals surface area contributed by atoms with Crippen molar-refractivity contribution < 1.29 is 4.74 Å². The number of ether oxygens (including phenoxy) is 1. The van der Waals surface area contributed by atoms with Crippen LogP contribution in [0.5, 0.6) is 5.75 Å². The third-order valence-electron chi connectivity index (χ3n) is 4.32. The van der Waals surface area contributed by atoms with E-state index < -0.39 is 0 Å². The van der Waals surface area contributed by atoms with Gasteiger partial charge in [-0.3, -0.25) is 0 Å². The first-order valence-electron chi connectivity index (χ1n) is 8.62. The SMILES string of the molecule is COc1ccc(/C=C/c2nn3c(Cn4nnc5ccccc54)nnc3s2)cc1. The Morgan fingerprint density at radius 2 is 1.86 bits per heavy atom. The minimum absolute atomic E-state index is 0.451. The molecular weight excluding hydrogens is 374 g/mol. The van der Waals surface area contributed by atoms with Gasteiger partial charge in [-0.1, -0.05) is 46.9 Å². The van der Waals surface area contributed by atoms with Gasteiger partial charge in [0.1, 0.15) is 22.8 Å². The highest BCUT2D eigenvalue weighted by Gasteiger charge is 2.13. The first-order chi connectivity index (χ1) is 13.8. The fraction of sp³-hybridized carbons (Fsp3) is 0.105. The maximum Gasteiger partial charge on any atom is 0.235 e. The van der Waals surface area contributed by atoms with E-state index in [9.17, 15) is 0 Å². The van der Waals surface area contributed by atoms with Crippen LogP contribution in [0, 0.1) is 0 Å². The van der Waals surface area contributed by atoms with Gasteiger partial charge in [0.2, 0.25) is 4.96 Å². The van der Waals surface area contributed by atoms with Gasteiger partial charge in [0, 0.05) is 0 Å². The molecule has 2 aromatic carbocycles. The van der Waals surface area contributed by atoms with Crippen LogP contribution in [-0.2, 0) is 6.54 Å². The van der Waals surface area contributed by atoms with Crippen molar-refractivity contribution in [1.29, 1.82) is 0 Å². The van der Waals surface area contributed by atoms with Crippen molar-refractivity contribution in [2.24, 2.45) is 0 Å². The van der Waals surface area contributed by atoms with Crippen LogP contribution < -0.4 is 4.74 Å². The van der Waals surface area contributed by atoms with Gasteiger partial charge in [0.25, 0.3) is 0 Å². The number of benzene rings is 2. The highest BCUT2D eigenvalue weighted by molar-refractivity contribution is 7.17. The number of rotatable bonds is 5. The van der Waals surface area contributed by atoms with Gasteiger partial charge in [0.15, 0.2) is 5.82 Å². The molecule has 9 heteroatoms. The van der Waals surface area contributed by atoms with Crippen LogP contribution in [0.25, 0.3) is 28.1 Å². The molecule has 0 saturated heterocycles. The average molecular weight is 389 g/mol. The second-order valence-corrected chi connectivity index (χ2v) is 7.08. The van der Waals surface area contributed by atoms with Gasteiger partial charge < -0.3 is 4.74 Å². The van der Waals surface area contributed by atoms with E-state index in [0.29, 0.717) is 12.4 Å². The fourth-order valence-electron chi connectivity index (χ4n) is 2.89. The molecule has 0 fully saturated rings. The van der Waals surface area contributed by atoms with Crippen molar-refractivity contribution in [3.63, 3.8) is 0 Å². The molecule has 0 bridgehead atoms. The Balaban J connectivity index is 1.41. The number of methoxy groups -OCH3 is 1. The molecule has 0 atom stereocenters. The van der Waals surface area contributed by atoms with E-state index >= 15 is 0 Å². The quantitative estimate of drug-likeness (QED) is 0.459. The smallest absolute Gasteiger partial charge is 0.235 e. The van der Waals surface area contributed by atoms with Crippen molar-refractivity contribution in [3.05, 3.63) is 64.9 Å². The van der Waals surface area contributed by atoms with Gasteiger partial charge in [-0.05, 0) is 35.9 Å². The van der Waals surface area contributed by atoms with Crippen LogP contribution >= 0.6 is 11.3 Å². The van der Waals surface area contributed by atoms with E-state index in [-0.39, 0.29) is 0 Å². The highest BCUT2D eigenvalue weighted by atomic mass is 32.1. The third kappa shape index (κ3) is 3.01. The van der Waals surface area contributed by atoms with Crippen molar-refractivity contribution in [2.45, 2.75) is 6.54 Å². The highest BCUT2D eigenvalue weighted by Crippen LogP contribution is 2.19. The molecule has 3 aromatic heterocycles. The van der Waals surface area contributed by atoms with Crippen LogP contribution in [0.3, 0.4) is 0 Å². The summed E-state index contributed by atoms with van der Waals surface area (Å²) < 4.78 is 8.74. The molecule has 8 nitrogen and oxygen atoms in total. The Bertz CT molecular complexity index is 1280. The maximum atomic E-state index is 5.18. The molecule has 5 rings (SSSR count). The van der Waals surface area contributed by atoms with E-state index in [1.807, 2.05) is 60.7 Å². The van der Waals surface area contributed by atoms with Crippen LogP contribution in [0.15, 0.2) is 48.5 Å². The van der Waals surface area contributed by atoms with Crippen LogP contribution in [0.4, 0.5) is 0 Å². The number of hydrogen-bond acceptors (Lipinski definition) is 7. The lowest BCUT2D eigenvalue weighted by Gasteiger charge is -1.99. The lowest BCUT2D eigenvalue weighted by molar-refractivity contribution is 0.415. The van der Waals surface area contributed by atoms with Gasteiger partial charge >= 0.3 is 0 Å². The summed E-state index contributed by atoms with van der Waals surface area (Å²) in [5.41, 5.74) is 2.87. The molecule has 0 spiro atoms. The third-order valence-corrected chi connectivity index (χ3v) is 5.18. The van der Waals surface area contributed by atoms with E-state index in [4.69, 9.17) is 4.74 Å². The van der Waals surface area contributed by atoms with Gasteiger partial charge in [-0.2, -0.15) is 9.61 Å². The van der Waals surface area contributed by atoms with E-state index in [1.165, 1.54) is 11.3 Å². The molecule has 0 N–H and O–H groups in total. The molecule has 0 saturated carbocycles. The molecule has 138 valence electrons. The first kappa shape index (κ1) is 16.6. The average Bonchev–Trinajstić information content (AvgIpc) is 3.43. The lowest BCUT2D eigenvalue weighted by atomic mass is 10.2. The fourth-order valence-corrected chi connectivity index (χ4v) is 3.65. The molecular formula is C19H15N7OS. The standard InChI is InChI=1S/C19H15N7OS/c1-27-14-9-6-13(7-10-14)8-11-18-23-26-17(21-22-19(26)28-18)12-25-16-5-3-2-4-15(16)20-24-25/h2-11H,12H2,1H3/b11-8+. The van der Waals surface area contributed by atoms with Crippen LogP contribution in [-0.4, -0.2) is 41.9 Å². The Kier molecular flexibility index (Phi) is 4.06. The molecule has 3 heterocycles.